The van der Waals surface area contributed by atoms with Crippen molar-refractivity contribution >= 4 is 11.8 Å². The Kier molecular flexibility index (Phi) is 6.23. The van der Waals surface area contributed by atoms with Crippen LogP contribution in [0.1, 0.15) is 57.1 Å². The van der Waals surface area contributed by atoms with Crippen molar-refractivity contribution in [1.82, 2.24) is 9.13 Å². The van der Waals surface area contributed by atoms with Crippen molar-refractivity contribution in [2.45, 2.75) is 58.0 Å². The van der Waals surface area contributed by atoms with Crippen molar-refractivity contribution < 1.29 is 14.6 Å². The summed E-state index contributed by atoms with van der Waals surface area (Å²) in [5, 5.41) is 17.9. The second-order valence-electron chi connectivity index (χ2n) is 6.60. The fourth-order valence-electron chi connectivity index (χ4n) is 3.47. The summed E-state index contributed by atoms with van der Waals surface area (Å²) in [6.07, 6.45) is 3.38. The van der Waals surface area contributed by atoms with Crippen LogP contribution < -0.4 is 17.0 Å². The smallest absolute Gasteiger partial charge is 0.334 e. The van der Waals surface area contributed by atoms with Crippen LogP contribution in [0, 0.1) is 11.3 Å². The van der Waals surface area contributed by atoms with E-state index in [1.165, 1.54) is 7.11 Å². The van der Waals surface area contributed by atoms with Crippen molar-refractivity contribution in [1.29, 1.82) is 5.41 Å². The van der Waals surface area contributed by atoms with Crippen LogP contribution in [0.5, 0.6) is 5.88 Å². The third-order valence-corrected chi connectivity index (χ3v) is 4.95. The summed E-state index contributed by atoms with van der Waals surface area (Å²) >= 11 is 0. The lowest BCUT2D eigenvalue weighted by atomic mass is 9.86. The molecule has 0 amide bonds. The summed E-state index contributed by atoms with van der Waals surface area (Å²) in [6.45, 7) is 2.18. The maximum absolute atomic E-state index is 12.8. The number of nitrogens with two attached hydrogens (primary N) is 1. The summed E-state index contributed by atoms with van der Waals surface area (Å²) < 4.78 is 6.94. The molecular weight excluding hydrogens is 340 g/mol. The van der Waals surface area contributed by atoms with Crippen LogP contribution in [-0.2, 0) is 16.1 Å². The molecule has 1 aliphatic carbocycles. The molecule has 1 aromatic rings. The molecule has 0 saturated heterocycles. The van der Waals surface area contributed by atoms with Gasteiger partial charge in [0.1, 0.15) is 11.4 Å². The molecule has 1 fully saturated rings. The van der Waals surface area contributed by atoms with E-state index in [0.717, 1.165) is 15.6 Å². The molecule has 0 atom stereocenters. The number of nitrogens with one attached hydrogen (secondary N) is 1. The number of hydrogen-bond donors (Lipinski definition) is 3. The topological polar surface area (TPSA) is 140 Å². The van der Waals surface area contributed by atoms with Gasteiger partial charge in [0.15, 0.2) is 0 Å². The highest BCUT2D eigenvalue weighted by Crippen LogP contribution is 2.31. The van der Waals surface area contributed by atoms with Crippen LogP contribution in [0.15, 0.2) is 9.59 Å². The van der Waals surface area contributed by atoms with Gasteiger partial charge >= 0.3 is 11.7 Å². The number of nitrogen functional groups attached to an aromatic ring is 1. The van der Waals surface area contributed by atoms with Crippen LogP contribution in [0.2, 0.25) is 0 Å². The van der Waals surface area contributed by atoms with Gasteiger partial charge in [-0.05, 0) is 32.1 Å². The number of rotatable bonds is 6. The summed E-state index contributed by atoms with van der Waals surface area (Å²) in [5.41, 5.74) is 3.76. The van der Waals surface area contributed by atoms with Crippen LogP contribution in [-0.4, -0.2) is 33.2 Å². The van der Waals surface area contributed by atoms with Gasteiger partial charge in [0.25, 0.3) is 5.56 Å². The Morgan fingerprint density at radius 1 is 1.31 bits per heavy atom. The largest absolute Gasteiger partial charge is 0.494 e. The lowest BCUT2D eigenvalue weighted by Crippen LogP contribution is -2.46. The number of methoxy groups -OCH3 is 1. The zero-order valence-electron chi connectivity index (χ0n) is 15.2. The fourth-order valence-corrected chi connectivity index (χ4v) is 3.47. The molecule has 4 N–H and O–H groups in total. The van der Waals surface area contributed by atoms with E-state index >= 15 is 0 Å². The molecule has 1 saturated carbocycles. The van der Waals surface area contributed by atoms with Gasteiger partial charge in [0.2, 0.25) is 5.88 Å². The molecule has 144 valence electrons. The Balaban J connectivity index is 2.47. The average molecular weight is 366 g/mol. The van der Waals surface area contributed by atoms with Gasteiger partial charge in [-0.25, -0.2) is 4.79 Å². The summed E-state index contributed by atoms with van der Waals surface area (Å²) in [5.74, 6) is -1.65. The van der Waals surface area contributed by atoms with Gasteiger partial charge in [0, 0.05) is 12.6 Å². The van der Waals surface area contributed by atoms with E-state index < -0.39 is 29.0 Å². The van der Waals surface area contributed by atoms with E-state index in [-0.39, 0.29) is 24.0 Å². The summed E-state index contributed by atoms with van der Waals surface area (Å²) in [7, 11) is 1.34. The highest BCUT2D eigenvalue weighted by Gasteiger charge is 2.31. The third-order valence-electron chi connectivity index (χ3n) is 4.95. The predicted octanol–water partition coefficient (Wildman–Crippen LogP) is 0.704. The van der Waals surface area contributed by atoms with Crippen LogP contribution in [0.25, 0.3) is 0 Å². The molecule has 0 aromatic carbocycles. The monoisotopic (exact) mass is 366 g/mol. The molecule has 0 aliphatic heterocycles. The van der Waals surface area contributed by atoms with Gasteiger partial charge in [-0.15, -0.1) is 0 Å². The molecule has 1 heterocycles. The minimum absolute atomic E-state index is 0.235. The number of amidine groups is 1. The number of carbonyl (C=O) groups excluding carboxylic acids is 1. The molecule has 1 aromatic heterocycles. The van der Waals surface area contributed by atoms with Gasteiger partial charge < -0.3 is 15.6 Å². The van der Waals surface area contributed by atoms with Crippen LogP contribution in [0.3, 0.4) is 0 Å². The van der Waals surface area contributed by atoms with Crippen LogP contribution in [0.4, 0.5) is 0 Å². The summed E-state index contributed by atoms with van der Waals surface area (Å²) in [6, 6.07) is -0.400. The first-order valence-corrected chi connectivity index (χ1v) is 8.83. The van der Waals surface area contributed by atoms with Crippen molar-refractivity contribution in [2.75, 3.05) is 7.11 Å². The lowest BCUT2D eigenvalue weighted by molar-refractivity contribution is -0.146. The minimum Gasteiger partial charge on any atom is -0.494 e. The number of ether oxygens (including phenoxy) is 1. The van der Waals surface area contributed by atoms with Crippen molar-refractivity contribution in [3.8, 4) is 5.88 Å². The SMILES string of the molecule is CCCCn1c(O)c(C(=N)N)c(=O)n(C2CCC(C(=O)OC)CC2)c1=O. The van der Waals surface area contributed by atoms with Gasteiger partial charge in [-0.3, -0.25) is 24.1 Å². The van der Waals surface area contributed by atoms with Crippen LogP contribution >= 0.6 is 0 Å². The molecule has 0 bridgehead atoms. The first kappa shape index (κ1) is 19.7. The standard InChI is InChI=1S/C17H26N4O5/c1-3-4-9-20-14(22)12(13(18)19)15(23)21(17(20)25)11-7-5-10(6-8-11)16(24)26-2/h10-11,22H,3-9H2,1-2H3,(H3,18,19). The van der Waals surface area contributed by atoms with E-state index in [1.807, 2.05) is 6.92 Å². The van der Waals surface area contributed by atoms with Gasteiger partial charge in [0.05, 0.1) is 13.0 Å². The Morgan fingerprint density at radius 3 is 2.42 bits per heavy atom. The first-order chi connectivity index (χ1) is 12.3. The number of aromatic hydroxyl groups is 1. The Bertz CT molecular complexity index is 803. The molecule has 2 rings (SSSR count). The highest BCUT2D eigenvalue weighted by atomic mass is 16.5. The van der Waals surface area contributed by atoms with Gasteiger partial charge in [-0.2, -0.15) is 0 Å². The van der Waals surface area contributed by atoms with Crippen molar-refractivity contribution in [3.63, 3.8) is 0 Å². The molecule has 9 heteroatoms. The van der Waals surface area contributed by atoms with Gasteiger partial charge in [-0.1, -0.05) is 13.3 Å². The van der Waals surface area contributed by atoms with E-state index in [1.54, 1.807) is 0 Å². The van der Waals surface area contributed by atoms with Crippen molar-refractivity contribution in [3.05, 3.63) is 26.4 Å². The molecular formula is C17H26N4O5. The molecule has 0 unspecified atom stereocenters. The quantitative estimate of drug-likeness (QED) is 0.385. The maximum Gasteiger partial charge on any atom is 0.334 e. The summed E-state index contributed by atoms with van der Waals surface area (Å²) in [4.78, 5) is 37.2. The normalized spacial score (nSPS) is 19.9. The Labute approximate surface area is 150 Å². The Morgan fingerprint density at radius 2 is 1.92 bits per heavy atom. The Hall–Kier alpha value is -2.58. The zero-order chi connectivity index (χ0) is 19.4. The molecule has 0 spiro atoms. The maximum atomic E-state index is 12.8. The predicted molar refractivity (Wildman–Crippen MR) is 95.6 cm³/mol. The third kappa shape index (κ3) is 3.66. The number of esters is 1. The number of nitrogens with zero attached hydrogens (tertiary/aromatic N) is 2. The molecule has 9 nitrogen and oxygen atoms in total. The average Bonchev–Trinajstić information content (AvgIpc) is 2.61. The first-order valence-electron chi connectivity index (χ1n) is 8.83. The highest BCUT2D eigenvalue weighted by molar-refractivity contribution is 5.96. The second kappa shape index (κ2) is 8.20. The minimum atomic E-state index is -0.755. The lowest BCUT2D eigenvalue weighted by Gasteiger charge is -2.28. The van der Waals surface area contributed by atoms with E-state index in [0.29, 0.717) is 32.1 Å². The molecule has 26 heavy (non-hydrogen) atoms. The number of unbranched alkanes of at least 4 members (excludes halogenated alkanes) is 1. The second-order valence-corrected chi connectivity index (χ2v) is 6.60. The number of carbonyl (C=O) groups is 1. The van der Waals surface area contributed by atoms with Crippen molar-refractivity contribution in [2.24, 2.45) is 11.7 Å². The number of aromatic nitrogens is 2. The van der Waals surface area contributed by atoms with E-state index in [9.17, 15) is 19.5 Å². The van der Waals surface area contributed by atoms with E-state index in [2.05, 4.69) is 0 Å². The van der Waals surface area contributed by atoms with E-state index in [4.69, 9.17) is 15.9 Å². The molecule has 0 radical (unpaired) electrons. The number of hydrogen-bond acceptors (Lipinski definition) is 6. The zero-order valence-corrected chi connectivity index (χ0v) is 15.2. The molecule has 1 aliphatic rings. The fraction of sp³-hybridized carbons (Fsp3) is 0.647.